The van der Waals surface area contributed by atoms with Gasteiger partial charge in [0, 0.05) is 5.69 Å². The predicted octanol–water partition coefficient (Wildman–Crippen LogP) is 4.03. The molecule has 0 bridgehead atoms. The molecule has 3 aromatic rings. The molecule has 0 unspecified atom stereocenters. The molecule has 1 fully saturated rings. The lowest BCUT2D eigenvalue weighted by Gasteiger charge is -2.32. The zero-order valence-electron chi connectivity index (χ0n) is 19.5. The number of anilines is 2. The molecule has 0 radical (unpaired) electrons. The average molecular weight is 495 g/mol. The zero-order chi connectivity index (χ0) is 24.4. The molecule has 3 heterocycles. The third-order valence-corrected chi connectivity index (χ3v) is 7.37. The number of carbonyl (C=O) groups is 2. The number of likely N-dealkylation sites (tertiary alicyclic amines) is 1. The van der Waals surface area contributed by atoms with Crippen molar-refractivity contribution in [1.29, 1.82) is 0 Å². The van der Waals surface area contributed by atoms with Crippen LogP contribution in [0.5, 0.6) is 0 Å². The van der Waals surface area contributed by atoms with E-state index >= 15 is 0 Å². The van der Waals surface area contributed by atoms with Gasteiger partial charge in [-0.3, -0.25) is 19.1 Å². The summed E-state index contributed by atoms with van der Waals surface area (Å²) in [6.07, 6.45) is 3.53. The number of nitrogens with one attached hydrogen (secondary N) is 1. The summed E-state index contributed by atoms with van der Waals surface area (Å²) >= 11 is 1.26. The number of piperidine rings is 1. The van der Waals surface area contributed by atoms with Gasteiger partial charge in [-0.15, -0.1) is 10.2 Å². The molecule has 2 amide bonds. The molecule has 182 valence electrons. The Hall–Kier alpha value is -3.24. The number of amides is 2. The zero-order valence-corrected chi connectivity index (χ0v) is 20.3. The van der Waals surface area contributed by atoms with Crippen molar-refractivity contribution in [2.75, 3.05) is 35.6 Å². The number of thioether (sulfide) groups is 1. The van der Waals surface area contributed by atoms with E-state index in [1.165, 1.54) is 35.2 Å². The van der Waals surface area contributed by atoms with Crippen molar-refractivity contribution in [3.05, 3.63) is 60.2 Å². The molecule has 2 aliphatic heterocycles. The van der Waals surface area contributed by atoms with Crippen LogP contribution < -0.4 is 10.2 Å². The van der Waals surface area contributed by atoms with Crippen LogP contribution in [0.3, 0.4) is 0 Å². The fourth-order valence-corrected chi connectivity index (χ4v) is 5.44. The minimum Gasteiger partial charge on any atom is -0.323 e. The van der Waals surface area contributed by atoms with Gasteiger partial charge in [0.15, 0.2) is 11.0 Å². The van der Waals surface area contributed by atoms with Gasteiger partial charge in [0.1, 0.15) is 12.4 Å². The van der Waals surface area contributed by atoms with Crippen LogP contribution >= 0.6 is 11.8 Å². The van der Waals surface area contributed by atoms with Crippen LogP contribution in [0.1, 0.15) is 38.1 Å². The number of nitrogens with zero attached hydrogens (tertiary/aromatic N) is 5. The topological polar surface area (TPSA) is 83.4 Å². The Kier molecular flexibility index (Phi) is 6.83. The van der Waals surface area contributed by atoms with Gasteiger partial charge >= 0.3 is 0 Å². The lowest BCUT2D eigenvalue weighted by atomic mass is 10.1. The normalized spacial score (nSPS) is 17.1. The number of fused-ring (bicyclic) bond motifs is 1. The van der Waals surface area contributed by atoms with Crippen molar-refractivity contribution in [2.45, 2.75) is 37.4 Å². The van der Waals surface area contributed by atoms with E-state index in [1.807, 2.05) is 22.8 Å². The van der Waals surface area contributed by atoms with Gasteiger partial charge in [-0.2, -0.15) is 0 Å². The Morgan fingerprint density at radius 1 is 1.09 bits per heavy atom. The molecule has 0 saturated carbocycles. The summed E-state index contributed by atoms with van der Waals surface area (Å²) < 4.78 is 15.6. The first-order chi connectivity index (χ1) is 17.0. The highest BCUT2D eigenvalue weighted by Gasteiger charge is 2.29. The summed E-state index contributed by atoms with van der Waals surface area (Å²) in [7, 11) is 0. The summed E-state index contributed by atoms with van der Waals surface area (Å²) in [6.45, 7) is 4.07. The Morgan fingerprint density at radius 3 is 2.60 bits per heavy atom. The van der Waals surface area contributed by atoms with Gasteiger partial charge in [-0.05, 0) is 69.3 Å². The number of para-hydroxylation sites is 2. The average Bonchev–Trinajstić information content (AvgIpc) is 3.31. The Balaban J connectivity index is 1.41. The van der Waals surface area contributed by atoms with Crippen LogP contribution in [0, 0.1) is 5.82 Å². The SMILES string of the molecule is C[C@H](c1nnc(SCC(=O)N2CC(=O)Nc3ccccc32)n1-c1ccc(F)cc1)N1CCCCC1. The third-order valence-electron chi connectivity index (χ3n) is 6.45. The maximum absolute atomic E-state index is 13.7. The van der Waals surface area contributed by atoms with Gasteiger partial charge in [-0.25, -0.2) is 4.39 Å². The molecule has 1 N–H and O–H groups in total. The fraction of sp³-hybridized carbons (Fsp3) is 0.360. The second-order valence-corrected chi connectivity index (χ2v) is 9.70. The first kappa shape index (κ1) is 23.5. The lowest BCUT2D eigenvalue weighted by molar-refractivity contribution is -0.120. The maximum Gasteiger partial charge on any atom is 0.244 e. The summed E-state index contributed by atoms with van der Waals surface area (Å²) in [5.41, 5.74) is 2.04. The first-order valence-electron chi connectivity index (χ1n) is 11.8. The van der Waals surface area contributed by atoms with Crippen LogP contribution in [0.2, 0.25) is 0 Å². The minimum atomic E-state index is -0.320. The molecule has 0 spiro atoms. The van der Waals surface area contributed by atoms with Gasteiger partial charge in [-0.1, -0.05) is 30.3 Å². The number of aromatic nitrogens is 3. The van der Waals surface area contributed by atoms with E-state index in [-0.39, 0.29) is 36.0 Å². The van der Waals surface area contributed by atoms with Gasteiger partial charge < -0.3 is 10.2 Å². The van der Waals surface area contributed by atoms with Crippen molar-refractivity contribution in [2.24, 2.45) is 0 Å². The maximum atomic E-state index is 13.7. The number of halogens is 1. The summed E-state index contributed by atoms with van der Waals surface area (Å²) in [5, 5.41) is 12.3. The van der Waals surface area contributed by atoms with Crippen LogP contribution in [0.4, 0.5) is 15.8 Å². The quantitative estimate of drug-likeness (QED) is 0.521. The molecule has 8 nitrogen and oxygen atoms in total. The molecule has 0 aliphatic carbocycles. The van der Waals surface area contributed by atoms with Crippen LogP contribution in [-0.2, 0) is 9.59 Å². The molecule has 2 aliphatic rings. The van der Waals surface area contributed by atoms with Crippen molar-refractivity contribution in [3.63, 3.8) is 0 Å². The highest BCUT2D eigenvalue weighted by atomic mass is 32.2. The Labute approximate surface area is 207 Å². The monoisotopic (exact) mass is 494 g/mol. The summed E-state index contributed by atoms with van der Waals surface area (Å²) in [4.78, 5) is 29.2. The second-order valence-electron chi connectivity index (χ2n) is 8.76. The van der Waals surface area contributed by atoms with Gasteiger partial charge in [0.25, 0.3) is 0 Å². The number of hydrogen-bond donors (Lipinski definition) is 1. The highest BCUT2D eigenvalue weighted by molar-refractivity contribution is 7.99. The van der Waals surface area contributed by atoms with E-state index < -0.39 is 0 Å². The molecular weight excluding hydrogens is 467 g/mol. The third kappa shape index (κ3) is 4.94. The van der Waals surface area contributed by atoms with E-state index in [1.54, 1.807) is 18.2 Å². The van der Waals surface area contributed by atoms with Crippen molar-refractivity contribution in [3.8, 4) is 5.69 Å². The van der Waals surface area contributed by atoms with Crippen LogP contribution in [-0.4, -0.2) is 56.9 Å². The predicted molar refractivity (Wildman–Crippen MR) is 133 cm³/mol. The smallest absolute Gasteiger partial charge is 0.244 e. The van der Waals surface area contributed by atoms with Crippen molar-refractivity contribution < 1.29 is 14.0 Å². The Morgan fingerprint density at radius 2 is 1.83 bits per heavy atom. The van der Waals surface area contributed by atoms with E-state index in [4.69, 9.17) is 0 Å². The molecule has 10 heteroatoms. The summed E-state index contributed by atoms with van der Waals surface area (Å²) in [6, 6.07) is 13.5. The van der Waals surface area contributed by atoms with E-state index in [2.05, 4.69) is 27.3 Å². The molecule has 1 atom stereocenters. The molecule has 1 saturated heterocycles. The standard InChI is InChI=1S/C25H27FN6O2S/c1-17(30-13-5-2-6-14-30)24-28-29-25(32(24)19-11-9-18(26)10-12-19)35-16-23(34)31-15-22(33)27-20-7-3-4-8-21(20)31/h3-4,7-12,17H,2,5-6,13-16H2,1H3,(H,27,33)/t17-/m1/s1. The van der Waals surface area contributed by atoms with Crippen molar-refractivity contribution in [1.82, 2.24) is 19.7 Å². The largest absolute Gasteiger partial charge is 0.323 e. The van der Waals surface area contributed by atoms with E-state index in [9.17, 15) is 14.0 Å². The first-order valence-corrected chi connectivity index (χ1v) is 12.8. The number of carbonyl (C=O) groups excluding carboxylic acids is 2. The number of benzene rings is 2. The minimum absolute atomic E-state index is 0.0237. The van der Waals surface area contributed by atoms with E-state index in [0.717, 1.165) is 37.4 Å². The lowest BCUT2D eigenvalue weighted by Crippen LogP contribution is -2.43. The van der Waals surface area contributed by atoms with Crippen molar-refractivity contribution >= 4 is 35.0 Å². The van der Waals surface area contributed by atoms with Crippen LogP contribution in [0.25, 0.3) is 5.69 Å². The molecule has 35 heavy (non-hydrogen) atoms. The fourth-order valence-electron chi connectivity index (χ4n) is 4.61. The highest BCUT2D eigenvalue weighted by Crippen LogP contribution is 2.32. The van der Waals surface area contributed by atoms with Gasteiger partial charge in [0.05, 0.1) is 23.2 Å². The van der Waals surface area contributed by atoms with Crippen LogP contribution in [0.15, 0.2) is 53.7 Å². The molecule has 1 aromatic heterocycles. The van der Waals surface area contributed by atoms with E-state index in [0.29, 0.717) is 16.5 Å². The molecule has 2 aromatic carbocycles. The van der Waals surface area contributed by atoms with Gasteiger partial charge in [0.2, 0.25) is 11.8 Å². The Bertz CT molecular complexity index is 1220. The second kappa shape index (κ2) is 10.2. The number of rotatable bonds is 6. The molecule has 5 rings (SSSR count). The number of hydrogen-bond acceptors (Lipinski definition) is 6. The molecular formula is C25H27FN6O2S. The summed E-state index contributed by atoms with van der Waals surface area (Å²) in [5.74, 6) is 0.0970.